The number of hydrogen-bond acceptors (Lipinski definition) is 2. The van der Waals surface area contributed by atoms with Crippen LogP contribution in [0, 0.1) is 0 Å². The highest BCUT2D eigenvalue weighted by atomic mass is 79.9. The number of carbonyl (C=O) groups is 1. The minimum absolute atomic E-state index is 0.0902. The first-order chi connectivity index (χ1) is 9.36. The lowest BCUT2D eigenvalue weighted by molar-refractivity contribution is -0.0442. The zero-order valence-electron chi connectivity index (χ0n) is 12.6. The smallest absolute Gasteiger partial charge is 0.270 e. The molecule has 1 aromatic rings. The van der Waals surface area contributed by atoms with E-state index in [4.69, 9.17) is 4.74 Å². The zero-order chi connectivity index (χ0) is 14.9. The topological polar surface area (TPSA) is 34.5 Å². The molecule has 1 aliphatic heterocycles. The molecule has 1 fully saturated rings. The molecule has 4 nitrogen and oxygen atoms in total. The van der Waals surface area contributed by atoms with E-state index < -0.39 is 0 Å². The highest BCUT2D eigenvalue weighted by molar-refractivity contribution is 9.10. The molecule has 20 heavy (non-hydrogen) atoms. The quantitative estimate of drug-likeness (QED) is 0.842. The third-order valence-electron chi connectivity index (χ3n) is 4.03. The van der Waals surface area contributed by atoms with Gasteiger partial charge in [0.05, 0.1) is 5.60 Å². The molecule has 1 atom stereocenters. The van der Waals surface area contributed by atoms with Gasteiger partial charge in [-0.2, -0.15) is 0 Å². The summed E-state index contributed by atoms with van der Waals surface area (Å²) >= 11 is 3.46. The average Bonchev–Trinajstić information content (AvgIpc) is 2.80. The van der Waals surface area contributed by atoms with E-state index in [1.165, 1.54) is 0 Å². The van der Waals surface area contributed by atoms with Crippen LogP contribution in [-0.4, -0.2) is 41.2 Å². The Kier molecular flexibility index (Phi) is 4.59. The third kappa shape index (κ3) is 3.09. The summed E-state index contributed by atoms with van der Waals surface area (Å²) in [6.45, 7) is 7.70. The molecule has 1 aliphatic rings. The summed E-state index contributed by atoms with van der Waals surface area (Å²) in [4.78, 5) is 14.7. The van der Waals surface area contributed by atoms with Gasteiger partial charge in [-0.3, -0.25) is 4.79 Å². The van der Waals surface area contributed by atoms with Crippen LogP contribution in [0.4, 0.5) is 0 Å². The summed E-state index contributed by atoms with van der Waals surface area (Å²) in [6.07, 6.45) is 3.96. The molecular formula is C15H23BrN2O2. The number of piperidine rings is 1. The van der Waals surface area contributed by atoms with Crippen molar-refractivity contribution in [3.8, 4) is 0 Å². The summed E-state index contributed by atoms with van der Waals surface area (Å²) in [5.41, 5.74) is 0.521. The van der Waals surface area contributed by atoms with Crippen molar-refractivity contribution in [2.45, 2.75) is 45.3 Å². The van der Waals surface area contributed by atoms with Gasteiger partial charge in [0, 0.05) is 36.9 Å². The molecule has 0 spiro atoms. The van der Waals surface area contributed by atoms with E-state index >= 15 is 0 Å². The van der Waals surface area contributed by atoms with Crippen molar-refractivity contribution in [3.63, 3.8) is 0 Å². The molecule has 5 heteroatoms. The van der Waals surface area contributed by atoms with Gasteiger partial charge >= 0.3 is 0 Å². The van der Waals surface area contributed by atoms with Crippen LogP contribution in [-0.2, 0) is 4.74 Å². The van der Waals surface area contributed by atoms with E-state index in [2.05, 4.69) is 36.7 Å². The largest absolute Gasteiger partial charge is 0.377 e. The maximum absolute atomic E-state index is 12.8. The molecule has 0 radical (unpaired) electrons. The Morgan fingerprint density at radius 1 is 1.50 bits per heavy atom. The van der Waals surface area contributed by atoms with Gasteiger partial charge < -0.3 is 14.2 Å². The number of ether oxygens (including phenoxy) is 1. The molecule has 112 valence electrons. The number of hydrogen-bond donors (Lipinski definition) is 0. The Labute approximate surface area is 129 Å². The van der Waals surface area contributed by atoms with Gasteiger partial charge in [-0.05, 0) is 55.6 Å². The fraction of sp³-hybridized carbons (Fsp3) is 0.667. The first kappa shape index (κ1) is 15.6. The lowest BCUT2D eigenvalue weighted by Crippen LogP contribution is -2.50. The monoisotopic (exact) mass is 342 g/mol. The van der Waals surface area contributed by atoms with E-state index in [0.29, 0.717) is 6.54 Å². The molecule has 0 N–H and O–H groups in total. The van der Waals surface area contributed by atoms with E-state index in [-0.39, 0.29) is 17.6 Å². The van der Waals surface area contributed by atoms with Crippen LogP contribution in [0.2, 0.25) is 0 Å². The number of halogens is 1. The molecule has 0 saturated carbocycles. The molecule has 1 amide bonds. The van der Waals surface area contributed by atoms with Crippen molar-refractivity contribution in [2.24, 2.45) is 0 Å². The molecule has 1 aromatic heterocycles. The third-order valence-corrected chi connectivity index (χ3v) is 4.46. The number of methoxy groups -OCH3 is 1. The highest BCUT2D eigenvalue weighted by Gasteiger charge is 2.34. The maximum atomic E-state index is 12.8. The summed E-state index contributed by atoms with van der Waals surface area (Å²) in [5.74, 6) is 0.0902. The number of carbonyl (C=O) groups excluding carboxylic acids is 1. The van der Waals surface area contributed by atoms with Crippen LogP contribution >= 0.6 is 15.9 Å². The second-order valence-corrected chi connectivity index (χ2v) is 6.94. The van der Waals surface area contributed by atoms with Crippen molar-refractivity contribution in [1.29, 1.82) is 0 Å². The first-order valence-corrected chi connectivity index (χ1v) is 7.87. The van der Waals surface area contributed by atoms with Gasteiger partial charge in [-0.25, -0.2) is 0 Å². The minimum Gasteiger partial charge on any atom is -0.377 e. The predicted molar refractivity (Wildman–Crippen MR) is 83.1 cm³/mol. The normalized spacial score (nSPS) is 23.4. The molecule has 0 aromatic carbocycles. The van der Waals surface area contributed by atoms with E-state index in [0.717, 1.165) is 29.6 Å². The molecule has 0 aliphatic carbocycles. The van der Waals surface area contributed by atoms with Crippen LogP contribution in [0.5, 0.6) is 0 Å². The number of aromatic nitrogens is 1. The van der Waals surface area contributed by atoms with Crippen molar-refractivity contribution in [2.75, 3.05) is 20.2 Å². The molecule has 2 rings (SSSR count). The van der Waals surface area contributed by atoms with Crippen molar-refractivity contribution < 1.29 is 9.53 Å². The van der Waals surface area contributed by atoms with Gasteiger partial charge in [-0.15, -0.1) is 0 Å². The number of likely N-dealkylation sites (tertiary alicyclic amines) is 1. The van der Waals surface area contributed by atoms with Gasteiger partial charge in [-0.1, -0.05) is 0 Å². The van der Waals surface area contributed by atoms with Crippen LogP contribution in [0.15, 0.2) is 16.7 Å². The van der Waals surface area contributed by atoms with Crippen LogP contribution in [0.25, 0.3) is 0 Å². The van der Waals surface area contributed by atoms with Crippen molar-refractivity contribution in [3.05, 3.63) is 22.4 Å². The average molecular weight is 343 g/mol. The summed E-state index contributed by atoms with van der Waals surface area (Å²) in [7, 11) is 1.72. The molecule has 2 heterocycles. The fourth-order valence-electron chi connectivity index (χ4n) is 2.75. The Morgan fingerprint density at radius 2 is 2.20 bits per heavy atom. The second-order valence-electron chi connectivity index (χ2n) is 6.03. The fourth-order valence-corrected chi connectivity index (χ4v) is 3.19. The van der Waals surface area contributed by atoms with E-state index in [9.17, 15) is 4.79 Å². The molecule has 1 saturated heterocycles. The molecule has 0 bridgehead atoms. The van der Waals surface area contributed by atoms with Gasteiger partial charge in [0.25, 0.3) is 5.91 Å². The Hall–Kier alpha value is -0.810. The maximum Gasteiger partial charge on any atom is 0.270 e. The predicted octanol–water partition coefficient (Wildman–Crippen LogP) is 3.47. The summed E-state index contributed by atoms with van der Waals surface area (Å²) < 4.78 is 8.53. The van der Waals surface area contributed by atoms with Gasteiger partial charge in [0.15, 0.2) is 0 Å². The second kappa shape index (κ2) is 5.90. The first-order valence-electron chi connectivity index (χ1n) is 7.08. The lowest BCUT2D eigenvalue weighted by Gasteiger charge is -2.39. The molecule has 1 unspecified atom stereocenters. The number of amides is 1. The van der Waals surface area contributed by atoms with Gasteiger partial charge in [0.1, 0.15) is 5.69 Å². The number of nitrogens with zero attached hydrogens (tertiary/aromatic N) is 2. The van der Waals surface area contributed by atoms with Crippen molar-refractivity contribution >= 4 is 21.8 Å². The highest BCUT2D eigenvalue weighted by Crippen LogP contribution is 2.27. The van der Waals surface area contributed by atoms with Crippen LogP contribution in [0.1, 0.15) is 50.1 Å². The summed E-state index contributed by atoms with van der Waals surface area (Å²) in [6, 6.07) is 2.17. The Balaban J connectivity index is 2.23. The summed E-state index contributed by atoms with van der Waals surface area (Å²) in [5, 5.41) is 0. The van der Waals surface area contributed by atoms with Crippen LogP contribution in [0.3, 0.4) is 0 Å². The Morgan fingerprint density at radius 3 is 2.80 bits per heavy atom. The van der Waals surface area contributed by atoms with Gasteiger partial charge in [0.2, 0.25) is 0 Å². The lowest BCUT2D eigenvalue weighted by atomic mass is 9.94. The minimum atomic E-state index is -0.222. The Bertz CT molecular complexity index is 498. The SMILES string of the molecule is COC1(C)CCCN(C(=O)c2cc(Br)cn2C(C)C)C1. The standard InChI is InChI=1S/C15H23BrN2O2/c1-11(2)18-9-12(16)8-13(18)14(19)17-7-5-6-15(3,10-17)20-4/h8-9,11H,5-7,10H2,1-4H3. The zero-order valence-corrected chi connectivity index (χ0v) is 14.2. The van der Waals surface area contributed by atoms with Crippen LogP contribution < -0.4 is 0 Å². The van der Waals surface area contributed by atoms with E-state index in [1.807, 2.05) is 21.7 Å². The van der Waals surface area contributed by atoms with Crippen molar-refractivity contribution in [1.82, 2.24) is 9.47 Å². The number of rotatable bonds is 3. The molecular weight excluding hydrogens is 320 g/mol. The van der Waals surface area contributed by atoms with E-state index in [1.54, 1.807) is 7.11 Å².